The van der Waals surface area contributed by atoms with Crippen LogP contribution >= 0.6 is 0 Å². The van der Waals surface area contributed by atoms with E-state index in [0.29, 0.717) is 5.75 Å². The minimum Gasteiger partial charge on any atom is -0.497 e. The molecule has 0 aliphatic heterocycles. The van der Waals surface area contributed by atoms with Crippen molar-refractivity contribution in [2.45, 2.75) is 17.9 Å². The van der Waals surface area contributed by atoms with E-state index < -0.39 is 10.0 Å². The summed E-state index contributed by atoms with van der Waals surface area (Å²) in [6.45, 7) is 1.85. The highest BCUT2D eigenvalue weighted by Crippen LogP contribution is 2.25. The lowest BCUT2D eigenvalue weighted by atomic mass is 10.0. The number of nitrogens with one attached hydrogen (secondary N) is 1. The number of sulfonamides is 1. The molecule has 1 unspecified atom stereocenters. The van der Waals surface area contributed by atoms with Crippen molar-refractivity contribution in [2.75, 3.05) is 7.11 Å². The van der Waals surface area contributed by atoms with Gasteiger partial charge < -0.3 is 4.74 Å². The average molecular weight is 341 g/mol. The summed E-state index contributed by atoms with van der Waals surface area (Å²) in [6, 6.07) is 19.9. The minimum absolute atomic E-state index is 0.218. The Bertz CT molecular complexity index is 945. The van der Waals surface area contributed by atoms with Crippen molar-refractivity contribution in [3.8, 4) is 5.75 Å². The number of fused-ring (bicyclic) bond motifs is 1. The Morgan fingerprint density at radius 2 is 1.58 bits per heavy atom. The molecular weight excluding hydrogens is 322 g/mol. The molecule has 0 aromatic heterocycles. The zero-order chi connectivity index (χ0) is 17.2. The summed E-state index contributed by atoms with van der Waals surface area (Å²) in [5.74, 6) is 0.621. The number of hydrogen-bond acceptors (Lipinski definition) is 3. The van der Waals surface area contributed by atoms with Crippen molar-refractivity contribution in [1.29, 1.82) is 0 Å². The fraction of sp³-hybridized carbons (Fsp3) is 0.158. The molecule has 0 fully saturated rings. The number of rotatable bonds is 5. The van der Waals surface area contributed by atoms with Crippen LogP contribution in [0.3, 0.4) is 0 Å². The molecule has 5 heteroatoms. The average Bonchev–Trinajstić information content (AvgIpc) is 2.61. The maximum absolute atomic E-state index is 12.6. The Kier molecular flexibility index (Phi) is 4.55. The molecule has 0 aliphatic rings. The van der Waals surface area contributed by atoms with E-state index in [1.807, 2.05) is 49.4 Å². The zero-order valence-corrected chi connectivity index (χ0v) is 14.4. The predicted octanol–water partition coefficient (Wildman–Crippen LogP) is 3.89. The van der Waals surface area contributed by atoms with E-state index >= 15 is 0 Å². The first-order valence-electron chi connectivity index (χ1n) is 7.65. The third-order valence-corrected chi connectivity index (χ3v) is 5.55. The van der Waals surface area contributed by atoms with Crippen LogP contribution in [-0.4, -0.2) is 15.5 Å². The first kappa shape index (κ1) is 16.5. The third kappa shape index (κ3) is 3.27. The molecule has 0 spiro atoms. The molecule has 0 radical (unpaired) electrons. The maximum atomic E-state index is 12.6. The van der Waals surface area contributed by atoms with Crippen LogP contribution < -0.4 is 9.46 Å². The summed E-state index contributed by atoms with van der Waals surface area (Å²) in [4.78, 5) is 0.218. The smallest absolute Gasteiger partial charge is 0.241 e. The van der Waals surface area contributed by atoms with E-state index in [2.05, 4.69) is 4.72 Å². The lowest BCUT2D eigenvalue weighted by molar-refractivity contribution is 0.414. The van der Waals surface area contributed by atoms with Gasteiger partial charge in [-0.3, -0.25) is 0 Å². The van der Waals surface area contributed by atoms with E-state index in [4.69, 9.17) is 4.74 Å². The Balaban J connectivity index is 1.91. The largest absolute Gasteiger partial charge is 0.497 e. The van der Waals surface area contributed by atoms with Crippen LogP contribution in [-0.2, 0) is 10.0 Å². The topological polar surface area (TPSA) is 55.4 Å². The molecule has 1 N–H and O–H groups in total. The Labute approximate surface area is 142 Å². The van der Waals surface area contributed by atoms with Gasteiger partial charge in [-0.2, -0.15) is 0 Å². The van der Waals surface area contributed by atoms with Crippen LogP contribution in [0.4, 0.5) is 0 Å². The van der Waals surface area contributed by atoms with Gasteiger partial charge in [0.25, 0.3) is 0 Å². The predicted molar refractivity (Wildman–Crippen MR) is 95.7 cm³/mol. The fourth-order valence-electron chi connectivity index (χ4n) is 2.75. The molecule has 0 saturated carbocycles. The van der Waals surface area contributed by atoms with Gasteiger partial charge in [0.2, 0.25) is 10.0 Å². The second-order valence-electron chi connectivity index (χ2n) is 5.59. The summed E-state index contributed by atoms with van der Waals surface area (Å²) in [7, 11) is -2.06. The summed E-state index contributed by atoms with van der Waals surface area (Å²) >= 11 is 0. The Morgan fingerprint density at radius 1 is 0.917 bits per heavy atom. The molecule has 3 aromatic carbocycles. The molecule has 0 saturated heterocycles. The Hall–Kier alpha value is -2.37. The van der Waals surface area contributed by atoms with Gasteiger partial charge in [0.05, 0.1) is 12.0 Å². The van der Waals surface area contributed by atoms with E-state index in [-0.39, 0.29) is 10.9 Å². The molecule has 24 heavy (non-hydrogen) atoms. The van der Waals surface area contributed by atoms with Gasteiger partial charge in [-0.25, -0.2) is 13.1 Å². The highest BCUT2D eigenvalue weighted by Gasteiger charge is 2.19. The second-order valence-corrected chi connectivity index (χ2v) is 7.30. The summed E-state index contributed by atoms with van der Waals surface area (Å²) in [5.41, 5.74) is 0.949. The SMILES string of the molecule is COc1ccc(S(=O)(=O)NC(C)c2cccc3ccccc23)cc1. The summed E-state index contributed by atoms with van der Waals surface area (Å²) < 4.78 is 33.0. The monoisotopic (exact) mass is 341 g/mol. The summed E-state index contributed by atoms with van der Waals surface area (Å²) in [6.07, 6.45) is 0. The van der Waals surface area contributed by atoms with Crippen LogP contribution in [0, 0.1) is 0 Å². The van der Waals surface area contributed by atoms with E-state index in [1.54, 1.807) is 19.2 Å². The molecule has 4 nitrogen and oxygen atoms in total. The van der Waals surface area contributed by atoms with Crippen LogP contribution in [0.5, 0.6) is 5.75 Å². The molecular formula is C19H19NO3S. The van der Waals surface area contributed by atoms with Crippen LogP contribution in [0.1, 0.15) is 18.5 Å². The van der Waals surface area contributed by atoms with Crippen molar-refractivity contribution in [2.24, 2.45) is 0 Å². The van der Waals surface area contributed by atoms with Crippen LogP contribution in [0.25, 0.3) is 10.8 Å². The van der Waals surface area contributed by atoms with Gasteiger partial charge in [0, 0.05) is 6.04 Å². The van der Waals surface area contributed by atoms with Crippen molar-refractivity contribution >= 4 is 20.8 Å². The third-order valence-electron chi connectivity index (χ3n) is 3.99. The highest BCUT2D eigenvalue weighted by molar-refractivity contribution is 7.89. The van der Waals surface area contributed by atoms with E-state index in [9.17, 15) is 8.42 Å². The van der Waals surface area contributed by atoms with Gasteiger partial charge in [-0.1, -0.05) is 42.5 Å². The number of benzene rings is 3. The van der Waals surface area contributed by atoms with Crippen molar-refractivity contribution in [3.63, 3.8) is 0 Å². The van der Waals surface area contributed by atoms with E-state index in [1.165, 1.54) is 12.1 Å². The second kappa shape index (κ2) is 6.63. The maximum Gasteiger partial charge on any atom is 0.241 e. The van der Waals surface area contributed by atoms with Gasteiger partial charge in [0.1, 0.15) is 5.75 Å². The number of ether oxygens (including phenoxy) is 1. The molecule has 124 valence electrons. The number of methoxy groups -OCH3 is 1. The highest BCUT2D eigenvalue weighted by atomic mass is 32.2. The first-order chi connectivity index (χ1) is 11.5. The van der Waals surface area contributed by atoms with Crippen LogP contribution in [0.15, 0.2) is 71.6 Å². The van der Waals surface area contributed by atoms with Crippen molar-refractivity contribution in [1.82, 2.24) is 4.72 Å². The molecule has 0 aliphatic carbocycles. The van der Waals surface area contributed by atoms with Crippen LogP contribution in [0.2, 0.25) is 0 Å². The van der Waals surface area contributed by atoms with Crippen molar-refractivity contribution < 1.29 is 13.2 Å². The zero-order valence-electron chi connectivity index (χ0n) is 13.6. The lowest BCUT2D eigenvalue weighted by Gasteiger charge is -2.17. The van der Waals surface area contributed by atoms with Gasteiger partial charge in [0.15, 0.2) is 0 Å². The van der Waals surface area contributed by atoms with Crippen molar-refractivity contribution in [3.05, 3.63) is 72.3 Å². The number of hydrogen-bond donors (Lipinski definition) is 1. The molecule has 0 amide bonds. The molecule has 3 aromatic rings. The van der Waals surface area contributed by atoms with E-state index in [0.717, 1.165) is 16.3 Å². The fourth-order valence-corrected chi connectivity index (χ4v) is 3.97. The van der Waals surface area contributed by atoms with Gasteiger partial charge in [-0.15, -0.1) is 0 Å². The normalized spacial score (nSPS) is 12.9. The molecule has 0 heterocycles. The lowest BCUT2D eigenvalue weighted by Crippen LogP contribution is -2.27. The molecule has 1 atom stereocenters. The first-order valence-corrected chi connectivity index (χ1v) is 9.13. The molecule has 0 bridgehead atoms. The minimum atomic E-state index is -3.61. The Morgan fingerprint density at radius 3 is 2.29 bits per heavy atom. The standard InChI is InChI=1S/C19H19NO3S/c1-14(18-9-5-7-15-6-3-4-8-19(15)18)20-24(21,22)17-12-10-16(23-2)11-13-17/h3-14,20H,1-2H3. The quantitative estimate of drug-likeness (QED) is 0.766. The summed E-state index contributed by atoms with van der Waals surface area (Å²) in [5, 5.41) is 2.13. The molecule has 3 rings (SSSR count). The van der Waals surface area contributed by atoms with Gasteiger partial charge >= 0.3 is 0 Å². The van der Waals surface area contributed by atoms with Gasteiger partial charge in [-0.05, 0) is 47.5 Å².